The average Bonchev–Trinajstić information content (AvgIpc) is 3.08. The number of nitrogens with two attached hydrogens (primary N) is 1. The number of aromatic nitrogens is 3. The molecule has 3 N–H and O–H groups in total. The van der Waals surface area contributed by atoms with Crippen LogP contribution in [0, 0.1) is 0 Å². The first-order valence-corrected chi connectivity index (χ1v) is 7.77. The Hall–Kier alpha value is -1.64. The molecule has 0 unspecified atom stereocenters. The van der Waals surface area contributed by atoms with Gasteiger partial charge in [-0.2, -0.15) is 5.10 Å². The zero-order valence-corrected chi connectivity index (χ0v) is 15.8. The molecule has 1 aromatic heterocycles. The van der Waals surface area contributed by atoms with E-state index >= 15 is 0 Å². The zero-order chi connectivity index (χ0) is 15.6. The zero-order valence-electron chi connectivity index (χ0n) is 13.5. The number of unbranched alkanes of at least 4 members (excludes halogenated alkanes) is 3. The lowest BCUT2D eigenvalue weighted by Crippen LogP contribution is -2.32. The van der Waals surface area contributed by atoms with E-state index in [0.29, 0.717) is 12.5 Å². The van der Waals surface area contributed by atoms with E-state index in [2.05, 4.69) is 27.3 Å². The number of halogens is 1. The highest BCUT2D eigenvalue weighted by molar-refractivity contribution is 14.0. The molecular formula is C16H25IN6. The first-order chi connectivity index (χ1) is 10.8. The lowest BCUT2D eigenvalue weighted by molar-refractivity contribution is 0.652. The second-order valence-corrected chi connectivity index (χ2v) is 5.20. The van der Waals surface area contributed by atoms with Gasteiger partial charge in [0.05, 0.1) is 12.2 Å². The Kier molecular flexibility index (Phi) is 9.27. The fourth-order valence-corrected chi connectivity index (χ4v) is 2.10. The van der Waals surface area contributed by atoms with E-state index < -0.39 is 0 Å². The second kappa shape index (κ2) is 11.0. The summed E-state index contributed by atoms with van der Waals surface area (Å²) in [5.41, 5.74) is 7.95. The summed E-state index contributed by atoms with van der Waals surface area (Å²) in [6.07, 6.45) is 8.08. The molecule has 0 radical (unpaired) electrons. The van der Waals surface area contributed by atoms with Gasteiger partial charge in [-0.25, -0.2) is 14.7 Å². The second-order valence-electron chi connectivity index (χ2n) is 5.20. The molecule has 0 bridgehead atoms. The summed E-state index contributed by atoms with van der Waals surface area (Å²) < 4.78 is 1.72. The van der Waals surface area contributed by atoms with E-state index in [9.17, 15) is 0 Å². The molecule has 1 aromatic carbocycles. The molecule has 7 heteroatoms. The van der Waals surface area contributed by atoms with E-state index in [0.717, 1.165) is 24.2 Å². The molecule has 0 saturated heterocycles. The number of nitrogens with zero attached hydrogens (tertiary/aromatic N) is 4. The summed E-state index contributed by atoms with van der Waals surface area (Å²) in [7, 11) is 0. The van der Waals surface area contributed by atoms with Crippen LogP contribution >= 0.6 is 24.0 Å². The predicted octanol–water partition coefficient (Wildman–Crippen LogP) is 2.87. The van der Waals surface area contributed by atoms with Crippen LogP contribution in [-0.2, 0) is 6.54 Å². The minimum absolute atomic E-state index is 0. The molecule has 2 aromatic rings. The number of nitrogens with one attached hydrogen (secondary N) is 1. The number of benzene rings is 1. The van der Waals surface area contributed by atoms with Gasteiger partial charge in [-0.05, 0) is 24.1 Å². The molecule has 2 rings (SSSR count). The minimum Gasteiger partial charge on any atom is -0.370 e. The topological polar surface area (TPSA) is 81.1 Å². The van der Waals surface area contributed by atoms with Gasteiger partial charge >= 0.3 is 0 Å². The van der Waals surface area contributed by atoms with Gasteiger partial charge in [0.2, 0.25) is 0 Å². The quantitative estimate of drug-likeness (QED) is 0.293. The number of guanidine groups is 1. The molecule has 0 aliphatic carbocycles. The maximum absolute atomic E-state index is 5.86. The third-order valence-corrected chi connectivity index (χ3v) is 3.39. The molecular weight excluding hydrogens is 403 g/mol. The Morgan fingerprint density at radius 3 is 2.65 bits per heavy atom. The standard InChI is InChI=1S/C16H24N6.HI/c1-2-3-4-5-10-19-16(17)20-11-14-6-8-15(9-7-14)22-13-18-12-21-22;/h6-9,12-13H,2-5,10-11H2,1H3,(H3,17,19,20);1H. The van der Waals surface area contributed by atoms with Crippen molar-refractivity contribution >= 4 is 29.9 Å². The Balaban J connectivity index is 0.00000264. The molecule has 0 aliphatic rings. The smallest absolute Gasteiger partial charge is 0.188 e. The maximum atomic E-state index is 5.86. The maximum Gasteiger partial charge on any atom is 0.188 e. The highest BCUT2D eigenvalue weighted by atomic mass is 127. The van der Waals surface area contributed by atoms with E-state index in [4.69, 9.17) is 5.73 Å². The Bertz CT molecular complexity index is 565. The van der Waals surface area contributed by atoms with Gasteiger partial charge in [0.1, 0.15) is 12.7 Å². The van der Waals surface area contributed by atoms with Crippen molar-refractivity contribution in [2.75, 3.05) is 6.54 Å². The van der Waals surface area contributed by atoms with Gasteiger partial charge in [-0.1, -0.05) is 38.3 Å². The molecule has 1 heterocycles. The first kappa shape index (κ1) is 19.4. The highest BCUT2D eigenvalue weighted by Gasteiger charge is 1.98. The summed E-state index contributed by atoms with van der Waals surface area (Å²) in [6, 6.07) is 8.03. The van der Waals surface area contributed by atoms with Crippen molar-refractivity contribution in [3.8, 4) is 5.69 Å². The largest absolute Gasteiger partial charge is 0.370 e. The fraction of sp³-hybridized carbons (Fsp3) is 0.438. The van der Waals surface area contributed by atoms with Crippen molar-refractivity contribution < 1.29 is 0 Å². The summed E-state index contributed by atoms with van der Waals surface area (Å²) >= 11 is 0. The average molecular weight is 428 g/mol. The number of aliphatic imine (C=N–C) groups is 1. The van der Waals surface area contributed by atoms with Crippen molar-refractivity contribution in [1.29, 1.82) is 0 Å². The van der Waals surface area contributed by atoms with E-state index in [-0.39, 0.29) is 24.0 Å². The number of rotatable bonds is 8. The Morgan fingerprint density at radius 1 is 1.22 bits per heavy atom. The lowest BCUT2D eigenvalue weighted by Gasteiger charge is -2.06. The van der Waals surface area contributed by atoms with Gasteiger partial charge in [0.15, 0.2) is 5.96 Å². The van der Waals surface area contributed by atoms with Gasteiger partial charge in [0.25, 0.3) is 0 Å². The Morgan fingerprint density at radius 2 is 2.00 bits per heavy atom. The van der Waals surface area contributed by atoms with Crippen LogP contribution in [0.25, 0.3) is 5.69 Å². The molecule has 6 nitrogen and oxygen atoms in total. The third-order valence-electron chi connectivity index (χ3n) is 3.39. The monoisotopic (exact) mass is 428 g/mol. The minimum atomic E-state index is 0. The number of hydrogen-bond donors (Lipinski definition) is 2. The van der Waals surface area contributed by atoms with Crippen molar-refractivity contribution in [2.45, 2.75) is 39.2 Å². The summed E-state index contributed by atoms with van der Waals surface area (Å²) in [6.45, 7) is 3.67. The van der Waals surface area contributed by atoms with Crippen LogP contribution in [0.15, 0.2) is 41.9 Å². The van der Waals surface area contributed by atoms with Crippen LogP contribution in [0.3, 0.4) is 0 Å². The molecule has 0 spiro atoms. The predicted molar refractivity (Wildman–Crippen MR) is 104 cm³/mol. The summed E-state index contributed by atoms with van der Waals surface area (Å²) in [4.78, 5) is 8.29. The van der Waals surface area contributed by atoms with Gasteiger partial charge < -0.3 is 11.1 Å². The van der Waals surface area contributed by atoms with E-state index in [1.54, 1.807) is 11.0 Å². The van der Waals surface area contributed by atoms with Crippen LogP contribution in [0.4, 0.5) is 0 Å². The third kappa shape index (κ3) is 6.98. The summed E-state index contributed by atoms with van der Waals surface area (Å²) in [5.74, 6) is 0.511. The van der Waals surface area contributed by atoms with Crippen LogP contribution < -0.4 is 11.1 Å². The summed E-state index contributed by atoms with van der Waals surface area (Å²) in [5, 5.41) is 7.24. The molecule has 126 valence electrons. The van der Waals surface area contributed by atoms with Crippen molar-refractivity contribution in [1.82, 2.24) is 20.1 Å². The normalized spacial score (nSPS) is 11.1. The SMILES string of the molecule is CCCCCCNC(N)=NCc1ccc(-n2cncn2)cc1.I. The van der Waals surface area contributed by atoms with Crippen LogP contribution in [-0.4, -0.2) is 27.3 Å². The van der Waals surface area contributed by atoms with Gasteiger partial charge in [-0.15, -0.1) is 24.0 Å². The first-order valence-electron chi connectivity index (χ1n) is 7.77. The van der Waals surface area contributed by atoms with Gasteiger partial charge in [-0.3, -0.25) is 0 Å². The van der Waals surface area contributed by atoms with E-state index in [1.807, 2.05) is 24.3 Å². The molecule has 0 aliphatic heterocycles. The Labute approximate surface area is 154 Å². The molecule has 0 amide bonds. The lowest BCUT2D eigenvalue weighted by atomic mass is 10.2. The number of hydrogen-bond acceptors (Lipinski definition) is 3. The van der Waals surface area contributed by atoms with Crippen LogP contribution in [0.2, 0.25) is 0 Å². The van der Waals surface area contributed by atoms with Crippen LogP contribution in [0.5, 0.6) is 0 Å². The fourth-order valence-electron chi connectivity index (χ4n) is 2.10. The van der Waals surface area contributed by atoms with Gasteiger partial charge in [0, 0.05) is 6.54 Å². The molecule has 23 heavy (non-hydrogen) atoms. The van der Waals surface area contributed by atoms with Crippen LogP contribution in [0.1, 0.15) is 38.2 Å². The molecule has 0 fully saturated rings. The molecule has 0 atom stereocenters. The van der Waals surface area contributed by atoms with E-state index in [1.165, 1.54) is 25.6 Å². The highest BCUT2D eigenvalue weighted by Crippen LogP contribution is 2.08. The van der Waals surface area contributed by atoms with Crippen molar-refractivity contribution in [3.05, 3.63) is 42.5 Å². The van der Waals surface area contributed by atoms with Crippen molar-refractivity contribution in [2.24, 2.45) is 10.7 Å². The molecule has 0 saturated carbocycles. The van der Waals surface area contributed by atoms with Crippen molar-refractivity contribution in [3.63, 3.8) is 0 Å².